The largest absolute Gasteiger partial charge is 0.311 e. The number of nitrogens with zero attached hydrogens (tertiary/aromatic N) is 4. The van der Waals surface area contributed by atoms with Crippen molar-refractivity contribution in [2.45, 2.75) is 0 Å². The van der Waals surface area contributed by atoms with Crippen molar-refractivity contribution in [1.29, 1.82) is 0 Å². The second kappa shape index (κ2) is 22.7. The molecule has 406 valence electrons. The van der Waals surface area contributed by atoms with Crippen LogP contribution in [0.15, 0.2) is 352 Å². The van der Waals surface area contributed by atoms with Crippen LogP contribution in [0.5, 0.6) is 0 Å². The molecule has 0 saturated carbocycles. The van der Waals surface area contributed by atoms with Crippen LogP contribution in [0.25, 0.3) is 65.3 Å². The van der Waals surface area contributed by atoms with Gasteiger partial charge in [0.2, 0.25) is 0 Å². The molecule has 15 aromatic rings. The predicted octanol–water partition coefficient (Wildman–Crippen LogP) is 23.5. The van der Waals surface area contributed by atoms with Crippen LogP contribution < -0.4 is 19.6 Å². The van der Waals surface area contributed by atoms with Crippen molar-refractivity contribution in [2.75, 3.05) is 19.6 Å². The molecule has 0 unspecified atom stereocenters. The number of hydrogen-bond donors (Lipinski definition) is 0. The second-order valence-corrected chi connectivity index (χ2v) is 21.7. The van der Waals surface area contributed by atoms with Gasteiger partial charge in [0.25, 0.3) is 0 Å². The summed E-state index contributed by atoms with van der Waals surface area (Å²) in [6, 6.07) is 127. The molecule has 15 rings (SSSR count). The second-order valence-electron chi connectivity index (χ2n) is 21.7. The van der Waals surface area contributed by atoms with Gasteiger partial charge in [0.15, 0.2) is 0 Å². The van der Waals surface area contributed by atoms with Crippen LogP contribution in [0, 0.1) is 0 Å². The number of fused-ring (bicyclic) bond motifs is 5. The maximum atomic E-state index is 2.41. The first-order valence-electron chi connectivity index (χ1n) is 29.4. The number of rotatable bonds is 14. The molecule has 0 radical (unpaired) electrons. The highest BCUT2D eigenvalue weighted by atomic mass is 15.2. The van der Waals surface area contributed by atoms with Gasteiger partial charge in [-0.25, -0.2) is 0 Å². The maximum absolute atomic E-state index is 2.41. The summed E-state index contributed by atoms with van der Waals surface area (Å²) in [5, 5.41) is 9.53. The topological polar surface area (TPSA) is 13.0 Å². The number of hydrogen-bond acceptors (Lipinski definition) is 4. The van der Waals surface area contributed by atoms with Crippen LogP contribution in [0.3, 0.4) is 0 Å². The third kappa shape index (κ3) is 9.91. The number of benzene rings is 15. The van der Waals surface area contributed by atoms with Gasteiger partial charge in [0.1, 0.15) is 0 Å². The first kappa shape index (κ1) is 51.4. The molecule has 0 heterocycles. The Morgan fingerprint density at radius 3 is 0.721 bits per heavy atom. The van der Waals surface area contributed by atoms with Crippen molar-refractivity contribution in [3.05, 3.63) is 352 Å². The fourth-order valence-electron chi connectivity index (χ4n) is 12.4. The lowest BCUT2D eigenvalue weighted by Crippen LogP contribution is -2.11. The number of para-hydroxylation sites is 4. The number of anilines is 12. The van der Waals surface area contributed by atoms with Crippen molar-refractivity contribution in [2.24, 2.45) is 0 Å². The zero-order valence-electron chi connectivity index (χ0n) is 47.3. The Morgan fingerprint density at radius 1 is 0.140 bits per heavy atom. The minimum Gasteiger partial charge on any atom is -0.311 e. The Kier molecular flexibility index (Phi) is 13.6. The summed E-state index contributed by atoms with van der Waals surface area (Å²) in [6.07, 6.45) is 0. The molecular weight excluding hydrogens is 1040 g/mol. The maximum Gasteiger partial charge on any atom is 0.0540 e. The Balaban J connectivity index is 0.760. The smallest absolute Gasteiger partial charge is 0.0540 e. The van der Waals surface area contributed by atoms with Gasteiger partial charge < -0.3 is 19.6 Å². The SMILES string of the molecule is c1ccc(N(c2ccccc2)c2ccc(-c3ccc(N(c4ccc5c(ccc6cc(N(c7ccc(-c8ccc(N(c9ccccc9)c9ccccc9)cc8)cc7)c7cccc8ccccc78)ccc65)c4)c4cccc5ccccc45)cc3)cc2)cc1. The Labute approximate surface area is 502 Å². The van der Waals surface area contributed by atoms with E-state index >= 15 is 0 Å². The van der Waals surface area contributed by atoms with Crippen molar-refractivity contribution < 1.29 is 0 Å². The molecule has 15 aromatic carbocycles. The van der Waals surface area contributed by atoms with Crippen LogP contribution in [0.4, 0.5) is 68.2 Å². The summed E-state index contributed by atoms with van der Waals surface area (Å²) in [5.74, 6) is 0. The summed E-state index contributed by atoms with van der Waals surface area (Å²) in [4.78, 5) is 9.42. The standard InChI is InChI=1S/C82H58N4/c1-5-23-67(24-6-1)83(68-25-7-2-8-26-68)71-45-37-59(38-46-71)61-41-49-73(50-42-61)85(81-33-17-21-63-19-13-15-31-79(63)81)75-53-55-77-65(57-75)35-36-66-58-76(54-56-78(66)77)86(82-34-18-22-64-20-14-16-32-80(64)82)74-51-43-62(44-52-74)60-39-47-72(48-40-60)84(69-27-9-3-10-28-69)70-29-11-4-12-30-70/h1-58H. The molecule has 0 aliphatic heterocycles. The Bertz CT molecular complexity index is 4440. The van der Waals surface area contributed by atoms with Crippen molar-refractivity contribution in [3.63, 3.8) is 0 Å². The normalized spacial score (nSPS) is 11.3. The van der Waals surface area contributed by atoms with Gasteiger partial charge in [0.05, 0.1) is 11.4 Å². The lowest BCUT2D eigenvalue weighted by atomic mass is 9.99. The van der Waals surface area contributed by atoms with Crippen LogP contribution in [-0.2, 0) is 0 Å². The van der Waals surface area contributed by atoms with E-state index in [-0.39, 0.29) is 0 Å². The summed E-state index contributed by atoms with van der Waals surface area (Å²) in [6.45, 7) is 0. The van der Waals surface area contributed by atoms with Gasteiger partial charge in [0, 0.05) is 67.6 Å². The van der Waals surface area contributed by atoms with Crippen LogP contribution >= 0.6 is 0 Å². The van der Waals surface area contributed by atoms with Crippen molar-refractivity contribution in [1.82, 2.24) is 0 Å². The third-order valence-electron chi connectivity index (χ3n) is 16.6. The highest BCUT2D eigenvalue weighted by Crippen LogP contribution is 2.45. The highest BCUT2D eigenvalue weighted by Gasteiger charge is 2.21. The monoisotopic (exact) mass is 1100 g/mol. The van der Waals surface area contributed by atoms with Gasteiger partial charge in [-0.2, -0.15) is 0 Å². The Hall–Kier alpha value is -11.5. The van der Waals surface area contributed by atoms with Gasteiger partial charge in [-0.1, -0.05) is 218 Å². The van der Waals surface area contributed by atoms with E-state index in [1.54, 1.807) is 0 Å². The molecule has 0 amide bonds. The minimum atomic E-state index is 1.08. The van der Waals surface area contributed by atoms with Gasteiger partial charge in [-0.3, -0.25) is 0 Å². The first-order chi connectivity index (χ1) is 42.6. The molecule has 86 heavy (non-hydrogen) atoms. The van der Waals surface area contributed by atoms with Crippen molar-refractivity contribution in [3.8, 4) is 22.3 Å². The quantitative estimate of drug-likeness (QED) is 0.101. The van der Waals surface area contributed by atoms with E-state index in [2.05, 4.69) is 371 Å². The lowest BCUT2D eigenvalue weighted by Gasteiger charge is -2.28. The zero-order valence-corrected chi connectivity index (χ0v) is 47.3. The van der Waals surface area contributed by atoms with Crippen LogP contribution in [-0.4, -0.2) is 0 Å². The molecule has 0 aliphatic carbocycles. The third-order valence-corrected chi connectivity index (χ3v) is 16.6. The summed E-state index contributed by atoms with van der Waals surface area (Å²) < 4.78 is 0. The zero-order chi connectivity index (χ0) is 57.2. The summed E-state index contributed by atoms with van der Waals surface area (Å²) in [7, 11) is 0. The molecule has 4 nitrogen and oxygen atoms in total. The van der Waals surface area contributed by atoms with Crippen molar-refractivity contribution >= 4 is 111 Å². The Morgan fingerprint density at radius 2 is 0.395 bits per heavy atom. The molecule has 4 heteroatoms. The van der Waals surface area contributed by atoms with Crippen LogP contribution in [0.1, 0.15) is 0 Å². The van der Waals surface area contributed by atoms with E-state index in [0.29, 0.717) is 0 Å². The van der Waals surface area contributed by atoms with Crippen LogP contribution in [0.2, 0.25) is 0 Å². The molecule has 0 N–H and O–H groups in total. The lowest BCUT2D eigenvalue weighted by molar-refractivity contribution is 1.28. The minimum absolute atomic E-state index is 1.08. The van der Waals surface area contributed by atoms with E-state index in [1.807, 2.05) is 0 Å². The molecular formula is C82H58N4. The molecule has 0 atom stereocenters. The molecule has 0 bridgehead atoms. The average molecular weight is 1100 g/mol. The summed E-state index contributed by atoms with van der Waals surface area (Å²) >= 11 is 0. The van der Waals surface area contributed by atoms with E-state index in [4.69, 9.17) is 0 Å². The van der Waals surface area contributed by atoms with E-state index in [0.717, 1.165) is 90.5 Å². The fraction of sp³-hybridized carbons (Fsp3) is 0. The predicted molar refractivity (Wildman–Crippen MR) is 366 cm³/mol. The molecule has 0 fully saturated rings. The van der Waals surface area contributed by atoms with Gasteiger partial charge in [-0.05, 0) is 188 Å². The highest BCUT2D eigenvalue weighted by molar-refractivity contribution is 6.11. The fourth-order valence-corrected chi connectivity index (χ4v) is 12.4. The molecule has 0 aromatic heterocycles. The van der Waals surface area contributed by atoms with Gasteiger partial charge in [-0.15, -0.1) is 0 Å². The average Bonchev–Trinajstić information content (AvgIpc) is 2.06. The molecule has 0 spiro atoms. The van der Waals surface area contributed by atoms with E-state index in [9.17, 15) is 0 Å². The molecule has 0 aliphatic rings. The summed E-state index contributed by atoms with van der Waals surface area (Å²) in [5.41, 5.74) is 17.9. The first-order valence-corrected chi connectivity index (χ1v) is 29.4. The van der Waals surface area contributed by atoms with E-state index < -0.39 is 0 Å². The molecule has 0 saturated heterocycles. The van der Waals surface area contributed by atoms with E-state index in [1.165, 1.54) is 43.1 Å². The van der Waals surface area contributed by atoms with Gasteiger partial charge >= 0.3 is 0 Å².